The molecular weight excluding hydrogens is 276 g/mol. The number of sulfonamides is 1. The van der Waals surface area contributed by atoms with Gasteiger partial charge in [-0.25, -0.2) is 8.42 Å². The predicted molar refractivity (Wildman–Crippen MR) is 79.1 cm³/mol. The maximum Gasteiger partial charge on any atom is 0.265 e. The van der Waals surface area contributed by atoms with Gasteiger partial charge in [0.2, 0.25) is 0 Å². The number of aromatic nitrogens is 2. The highest BCUT2D eigenvalue weighted by molar-refractivity contribution is 7.93. The average Bonchev–Trinajstić information content (AvgIpc) is 2.62. The lowest BCUT2D eigenvalue weighted by atomic mass is 10.1. The molecule has 3 N–H and O–H groups in total. The van der Waals surface area contributed by atoms with Gasteiger partial charge in [-0.1, -0.05) is 6.07 Å². The number of nitrogens with zero attached hydrogens (tertiary/aromatic N) is 2. The van der Waals surface area contributed by atoms with Gasteiger partial charge in [-0.05, 0) is 38.0 Å². The Balaban J connectivity index is 2.52. The van der Waals surface area contributed by atoms with Gasteiger partial charge in [-0.15, -0.1) is 0 Å². The Morgan fingerprint density at radius 1 is 1.25 bits per heavy atom. The van der Waals surface area contributed by atoms with Crippen LogP contribution in [0.4, 0.5) is 11.5 Å². The second-order valence-corrected chi connectivity index (χ2v) is 6.45. The first kappa shape index (κ1) is 14.4. The standard InChI is InChI=1S/C13H18N4O2S/c1-8-5-6-11(14)13(10(8)3)20(18,19)16-12-7-9(2)15-17(12)4/h5-7,16H,14H2,1-4H3. The molecule has 1 aromatic carbocycles. The van der Waals surface area contributed by atoms with Gasteiger partial charge < -0.3 is 5.73 Å². The number of hydrogen-bond donors (Lipinski definition) is 2. The number of aryl methyl sites for hydroxylation is 3. The van der Waals surface area contributed by atoms with E-state index in [1.807, 2.05) is 6.92 Å². The fourth-order valence-electron chi connectivity index (χ4n) is 2.06. The highest BCUT2D eigenvalue weighted by Crippen LogP contribution is 2.27. The van der Waals surface area contributed by atoms with Crippen molar-refractivity contribution in [1.82, 2.24) is 9.78 Å². The number of nitrogens with two attached hydrogens (primary N) is 1. The monoisotopic (exact) mass is 294 g/mol. The largest absolute Gasteiger partial charge is 0.398 e. The van der Waals surface area contributed by atoms with Crippen LogP contribution in [0.5, 0.6) is 0 Å². The van der Waals surface area contributed by atoms with Crippen molar-refractivity contribution in [3.8, 4) is 0 Å². The Bertz CT molecular complexity index is 763. The second-order valence-electron chi connectivity index (χ2n) is 4.83. The van der Waals surface area contributed by atoms with Gasteiger partial charge in [0.05, 0.1) is 11.4 Å². The van der Waals surface area contributed by atoms with E-state index in [9.17, 15) is 8.42 Å². The Hall–Kier alpha value is -2.02. The van der Waals surface area contributed by atoms with Crippen LogP contribution in [0.2, 0.25) is 0 Å². The van der Waals surface area contributed by atoms with Crippen LogP contribution in [-0.2, 0) is 17.1 Å². The third-order valence-electron chi connectivity index (χ3n) is 3.22. The Kier molecular flexibility index (Phi) is 3.47. The summed E-state index contributed by atoms with van der Waals surface area (Å²) in [5.41, 5.74) is 8.33. The quantitative estimate of drug-likeness (QED) is 0.844. The summed E-state index contributed by atoms with van der Waals surface area (Å²) in [7, 11) is -2.06. The summed E-state index contributed by atoms with van der Waals surface area (Å²) in [5.74, 6) is 0.405. The summed E-state index contributed by atoms with van der Waals surface area (Å²) in [5, 5.41) is 4.11. The molecule has 0 atom stereocenters. The van der Waals surface area contributed by atoms with Crippen molar-refractivity contribution in [1.29, 1.82) is 0 Å². The third-order valence-corrected chi connectivity index (χ3v) is 4.77. The van der Waals surface area contributed by atoms with Gasteiger partial charge in [-0.2, -0.15) is 5.10 Å². The lowest BCUT2D eigenvalue weighted by Crippen LogP contribution is -2.18. The smallest absolute Gasteiger partial charge is 0.265 e. The van der Waals surface area contributed by atoms with Crippen LogP contribution in [0.15, 0.2) is 23.1 Å². The number of hydrogen-bond acceptors (Lipinski definition) is 4. The molecular formula is C13H18N4O2S. The zero-order valence-corrected chi connectivity index (χ0v) is 12.7. The molecule has 0 aliphatic heterocycles. The molecule has 0 fully saturated rings. The molecule has 6 nitrogen and oxygen atoms in total. The van der Waals surface area contributed by atoms with Crippen LogP contribution < -0.4 is 10.5 Å². The normalized spacial score (nSPS) is 11.6. The zero-order chi connectivity index (χ0) is 15.1. The molecule has 0 saturated heterocycles. The van der Waals surface area contributed by atoms with Crippen LogP contribution in [0.25, 0.3) is 0 Å². The minimum Gasteiger partial charge on any atom is -0.398 e. The van der Waals surface area contributed by atoms with E-state index in [0.29, 0.717) is 11.4 Å². The lowest BCUT2D eigenvalue weighted by molar-refractivity contribution is 0.600. The summed E-state index contributed by atoms with van der Waals surface area (Å²) in [6, 6.07) is 5.07. The van der Waals surface area contributed by atoms with Crippen molar-refractivity contribution >= 4 is 21.5 Å². The number of nitrogens with one attached hydrogen (secondary N) is 1. The first-order valence-corrected chi connectivity index (χ1v) is 7.60. The van der Waals surface area contributed by atoms with Gasteiger partial charge >= 0.3 is 0 Å². The van der Waals surface area contributed by atoms with Gasteiger partial charge in [-0.3, -0.25) is 9.40 Å². The molecule has 2 rings (SSSR count). The Morgan fingerprint density at radius 2 is 1.90 bits per heavy atom. The van der Waals surface area contributed by atoms with Crippen molar-refractivity contribution in [2.45, 2.75) is 25.7 Å². The lowest BCUT2D eigenvalue weighted by Gasteiger charge is -2.14. The highest BCUT2D eigenvalue weighted by Gasteiger charge is 2.22. The molecule has 0 aliphatic rings. The van der Waals surface area contributed by atoms with Crippen LogP contribution in [0, 0.1) is 20.8 Å². The summed E-state index contributed by atoms with van der Waals surface area (Å²) in [6.07, 6.45) is 0. The van der Waals surface area contributed by atoms with Crippen molar-refractivity contribution < 1.29 is 8.42 Å². The number of rotatable bonds is 3. The molecule has 7 heteroatoms. The minimum atomic E-state index is -3.74. The first-order chi connectivity index (χ1) is 9.22. The third kappa shape index (κ3) is 2.49. The van der Waals surface area contributed by atoms with E-state index in [0.717, 1.165) is 11.3 Å². The Morgan fingerprint density at radius 3 is 2.45 bits per heavy atom. The van der Waals surface area contributed by atoms with E-state index in [2.05, 4.69) is 9.82 Å². The maximum absolute atomic E-state index is 12.5. The highest BCUT2D eigenvalue weighted by atomic mass is 32.2. The minimum absolute atomic E-state index is 0.122. The van der Waals surface area contributed by atoms with Crippen molar-refractivity contribution in [2.75, 3.05) is 10.5 Å². The van der Waals surface area contributed by atoms with Crippen LogP contribution in [0.3, 0.4) is 0 Å². The fourth-order valence-corrected chi connectivity index (χ4v) is 3.57. The molecule has 0 bridgehead atoms. The molecule has 0 spiro atoms. The van der Waals surface area contributed by atoms with Gasteiger partial charge in [0.25, 0.3) is 10.0 Å². The van der Waals surface area contributed by atoms with Crippen molar-refractivity contribution in [3.05, 3.63) is 35.0 Å². The average molecular weight is 294 g/mol. The molecule has 0 unspecified atom stereocenters. The van der Waals surface area contributed by atoms with E-state index < -0.39 is 10.0 Å². The molecule has 2 aromatic rings. The Labute approximate surface area is 118 Å². The van der Waals surface area contributed by atoms with Crippen LogP contribution in [-0.4, -0.2) is 18.2 Å². The molecule has 0 aliphatic carbocycles. The van der Waals surface area contributed by atoms with Crippen molar-refractivity contribution in [3.63, 3.8) is 0 Å². The fraction of sp³-hybridized carbons (Fsp3) is 0.308. The second kappa shape index (κ2) is 4.82. The van der Waals surface area contributed by atoms with E-state index in [-0.39, 0.29) is 10.6 Å². The molecule has 1 heterocycles. The van der Waals surface area contributed by atoms with E-state index in [4.69, 9.17) is 5.73 Å². The molecule has 20 heavy (non-hydrogen) atoms. The van der Waals surface area contributed by atoms with Crippen LogP contribution >= 0.6 is 0 Å². The van der Waals surface area contributed by atoms with E-state index in [1.54, 1.807) is 39.1 Å². The van der Waals surface area contributed by atoms with Crippen LogP contribution in [0.1, 0.15) is 16.8 Å². The van der Waals surface area contributed by atoms with E-state index >= 15 is 0 Å². The first-order valence-electron chi connectivity index (χ1n) is 6.11. The van der Waals surface area contributed by atoms with Crippen molar-refractivity contribution in [2.24, 2.45) is 7.05 Å². The molecule has 0 radical (unpaired) electrons. The summed E-state index contributed by atoms with van der Waals surface area (Å²) in [6.45, 7) is 5.39. The SMILES string of the molecule is Cc1cc(NS(=O)(=O)c2c(N)ccc(C)c2C)n(C)n1. The number of nitrogen functional groups attached to an aromatic ring is 1. The topological polar surface area (TPSA) is 90.0 Å². The zero-order valence-electron chi connectivity index (χ0n) is 11.9. The molecule has 108 valence electrons. The molecule has 0 saturated carbocycles. The summed E-state index contributed by atoms with van der Waals surface area (Å²) in [4.78, 5) is 0.122. The van der Waals surface area contributed by atoms with E-state index in [1.165, 1.54) is 4.68 Å². The summed E-state index contributed by atoms with van der Waals surface area (Å²) >= 11 is 0. The van der Waals surface area contributed by atoms with Gasteiger partial charge in [0.1, 0.15) is 10.7 Å². The molecule has 1 aromatic heterocycles. The maximum atomic E-state index is 12.5. The summed E-state index contributed by atoms with van der Waals surface area (Å²) < 4.78 is 29.1. The molecule has 0 amide bonds. The predicted octanol–water partition coefficient (Wildman–Crippen LogP) is 1.73. The number of anilines is 2. The van der Waals surface area contributed by atoms with Gasteiger partial charge in [0.15, 0.2) is 0 Å². The number of benzene rings is 1. The van der Waals surface area contributed by atoms with Gasteiger partial charge in [0, 0.05) is 13.1 Å².